The van der Waals surface area contributed by atoms with Gasteiger partial charge in [0.15, 0.2) is 11.6 Å². The molecule has 1 unspecified atom stereocenters. The molecular weight excluding hydrogens is 496 g/mol. The maximum absolute atomic E-state index is 13.1. The number of aryl methyl sites for hydroxylation is 2. The molecule has 1 atom stereocenters. The second-order valence-electron chi connectivity index (χ2n) is 9.41. The van der Waals surface area contributed by atoms with Gasteiger partial charge in [-0.2, -0.15) is 4.98 Å². The molecule has 39 heavy (non-hydrogen) atoms. The largest absolute Gasteiger partial charge is 0.369 e. The van der Waals surface area contributed by atoms with E-state index in [-0.39, 0.29) is 11.9 Å². The number of tetrazole rings is 1. The molecule has 0 bridgehead atoms. The smallest absolute Gasteiger partial charge is 0.323 e. The van der Waals surface area contributed by atoms with Crippen molar-refractivity contribution in [3.8, 4) is 22.5 Å². The number of hydrogen-bond donors (Lipinski definition) is 3. The minimum Gasteiger partial charge on any atom is -0.369 e. The Morgan fingerprint density at radius 1 is 1.08 bits per heavy atom. The number of anilines is 3. The predicted molar refractivity (Wildman–Crippen MR) is 145 cm³/mol. The van der Waals surface area contributed by atoms with Crippen LogP contribution in [-0.4, -0.2) is 54.9 Å². The van der Waals surface area contributed by atoms with Gasteiger partial charge in [-0.1, -0.05) is 35.5 Å². The number of nitrogens with one attached hydrogen (secondary N) is 3. The topological polar surface area (TPSA) is 151 Å². The highest BCUT2D eigenvalue weighted by Gasteiger charge is 2.30. The van der Waals surface area contributed by atoms with E-state index in [0.29, 0.717) is 35.5 Å². The highest BCUT2D eigenvalue weighted by molar-refractivity contribution is 6.02. The van der Waals surface area contributed by atoms with Gasteiger partial charge in [-0.05, 0) is 66.1 Å². The zero-order valence-corrected chi connectivity index (χ0v) is 21.4. The van der Waals surface area contributed by atoms with E-state index in [0.717, 1.165) is 41.0 Å². The molecule has 3 N–H and O–H groups in total. The molecule has 1 saturated heterocycles. The number of carbonyl (C=O) groups excluding carboxylic acids is 1. The average molecular weight is 523 g/mol. The van der Waals surface area contributed by atoms with Crippen LogP contribution in [0, 0.1) is 13.8 Å². The van der Waals surface area contributed by atoms with Gasteiger partial charge >= 0.3 is 6.03 Å². The number of nitrogens with zero attached hydrogens (tertiary/aromatic N) is 7. The molecule has 3 aromatic heterocycles. The molecule has 196 valence electrons. The van der Waals surface area contributed by atoms with E-state index < -0.39 is 0 Å². The quantitative estimate of drug-likeness (QED) is 0.291. The molecule has 1 aliphatic rings. The Hall–Kier alpha value is -5.13. The van der Waals surface area contributed by atoms with Crippen LogP contribution in [0.1, 0.15) is 29.7 Å². The van der Waals surface area contributed by atoms with Crippen molar-refractivity contribution >= 4 is 23.1 Å². The van der Waals surface area contributed by atoms with Crippen LogP contribution >= 0.6 is 0 Å². The van der Waals surface area contributed by atoms with Gasteiger partial charge in [0.05, 0.1) is 29.2 Å². The van der Waals surface area contributed by atoms with Crippen LogP contribution in [-0.2, 0) is 0 Å². The van der Waals surface area contributed by atoms with Gasteiger partial charge in [0.2, 0.25) is 5.89 Å². The van der Waals surface area contributed by atoms with Crippen molar-refractivity contribution in [3.63, 3.8) is 0 Å². The number of amides is 2. The fourth-order valence-electron chi connectivity index (χ4n) is 4.78. The molecule has 4 heterocycles. The Labute approximate surface area is 223 Å². The number of hydrogen-bond acceptors (Lipinski definition) is 9. The second kappa shape index (κ2) is 10.3. The summed E-state index contributed by atoms with van der Waals surface area (Å²) in [4.78, 5) is 24.0. The summed E-state index contributed by atoms with van der Waals surface area (Å²) in [5, 5.41) is 24.2. The number of urea groups is 1. The summed E-state index contributed by atoms with van der Waals surface area (Å²) in [5.74, 6) is 1.94. The SMILES string of the molecule is Cc1ccc(NC(=O)Nc2cc(-c3ccccc3-c3nnn[nH]3)ccc2N2CCC(c3nc(C)no3)C2)cn1. The fraction of sp³-hybridized carbons (Fsp3) is 0.222. The number of rotatable bonds is 6. The predicted octanol–water partition coefficient (Wildman–Crippen LogP) is 4.57. The molecule has 0 aliphatic carbocycles. The Balaban J connectivity index is 1.33. The van der Waals surface area contributed by atoms with Crippen LogP contribution < -0.4 is 15.5 Å². The van der Waals surface area contributed by atoms with Crippen LogP contribution in [0.2, 0.25) is 0 Å². The molecule has 0 radical (unpaired) electrons. The lowest BCUT2D eigenvalue weighted by Crippen LogP contribution is -2.24. The van der Waals surface area contributed by atoms with Gasteiger partial charge in [0.25, 0.3) is 0 Å². The molecule has 1 aliphatic heterocycles. The molecule has 0 spiro atoms. The van der Waals surface area contributed by atoms with E-state index >= 15 is 0 Å². The Morgan fingerprint density at radius 3 is 2.69 bits per heavy atom. The molecular formula is C27H26N10O2. The molecule has 0 saturated carbocycles. The first-order valence-corrected chi connectivity index (χ1v) is 12.6. The third-order valence-electron chi connectivity index (χ3n) is 6.67. The third-order valence-corrected chi connectivity index (χ3v) is 6.67. The van der Waals surface area contributed by atoms with E-state index in [9.17, 15) is 4.79 Å². The van der Waals surface area contributed by atoms with Crippen molar-refractivity contribution in [2.75, 3.05) is 28.6 Å². The van der Waals surface area contributed by atoms with Gasteiger partial charge in [0.1, 0.15) is 0 Å². The standard InChI is InChI=1S/C27H26N10O2/c1-16-7-9-20(14-28-16)30-27(38)31-23-13-18(21-5-3-4-6-22(21)25-32-35-36-33-25)8-10-24(23)37-12-11-19(15-37)26-29-17(2)34-39-26/h3-10,13-14,19H,11-12,15H2,1-2H3,(H2,30,31,38)(H,32,33,35,36). The normalized spacial score (nSPS) is 14.9. The lowest BCUT2D eigenvalue weighted by atomic mass is 9.98. The zero-order valence-electron chi connectivity index (χ0n) is 21.4. The van der Waals surface area contributed by atoms with Crippen molar-refractivity contribution < 1.29 is 9.32 Å². The number of aromatic amines is 1. The summed E-state index contributed by atoms with van der Waals surface area (Å²) in [6.07, 6.45) is 2.50. The Morgan fingerprint density at radius 2 is 1.95 bits per heavy atom. The summed E-state index contributed by atoms with van der Waals surface area (Å²) in [7, 11) is 0. The lowest BCUT2D eigenvalue weighted by Gasteiger charge is -2.23. The van der Waals surface area contributed by atoms with Crippen LogP contribution in [0.4, 0.5) is 21.9 Å². The molecule has 2 aromatic carbocycles. The van der Waals surface area contributed by atoms with Crippen molar-refractivity contribution in [1.82, 2.24) is 35.7 Å². The average Bonchev–Trinajstić information content (AvgIpc) is 3.72. The molecule has 12 nitrogen and oxygen atoms in total. The first kappa shape index (κ1) is 24.2. The van der Waals surface area contributed by atoms with Crippen molar-refractivity contribution in [3.05, 3.63) is 78.2 Å². The van der Waals surface area contributed by atoms with Gasteiger partial charge in [-0.25, -0.2) is 9.89 Å². The van der Waals surface area contributed by atoms with Crippen LogP contribution in [0.15, 0.2) is 65.3 Å². The highest BCUT2D eigenvalue weighted by Crippen LogP contribution is 2.38. The minimum absolute atomic E-state index is 0.117. The van der Waals surface area contributed by atoms with E-state index in [1.165, 1.54) is 0 Å². The molecule has 12 heteroatoms. The van der Waals surface area contributed by atoms with E-state index in [2.05, 4.69) is 51.3 Å². The van der Waals surface area contributed by atoms with Crippen molar-refractivity contribution in [2.45, 2.75) is 26.2 Å². The summed E-state index contributed by atoms with van der Waals surface area (Å²) < 4.78 is 5.43. The first-order chi connectivity index (χ1) is 19.0. The van der Waals surface area contributed by atoms with E-state index in [4.69, 9.17) is 4.52 Å². The number of carbonyl (C=O) groups is 1. The van der Waals surface area contributed by atoms with E-state index in [1.54, 1.807) is 6.20 Å². The van der Waals surface area contributed by atoms with Crippen LogP contribution in [0.5, 0.6) is 0 Å². The number of aromatic nitrogens is 7. The highest BCUT2D eigenvalue weighted by atomic mass is 16.5. The third kappa shape index (κ3) is 5.17. The molecule has 1 fully saturated rings. The summed E-state index contributed by atoms with van der Waals surface area (Å²) in [6.45, 7) is 5.19. The van der Waals surface area contributed by atoms with Crippen molar-refractivity contribution in [1.29, 1.82) is 0 Å². The number of pyridine rings is 1. The maximum atomic E-state index is 13.1. The first-order valence-electron chi connectivity index (χ1n) is 12.6. The molecule has 2 amide bonds. The van der Waals surface area contributed by atoms with Crippen molar-refractivity contribution in [2.24, 2.45) is 0 Å². The molecule has 6 rings (SSSR count). The van der Waals surface area contributed by atoms with Gasteiger partial charge in [-0.15, -0.1) is 5.10 Å². The van der Waals surface area contributed by atoms with Crippen LogP contribution in [0.25, 0.3) is 22.5 Å². The minimum atomic E-state index is -0.366. The fourth-order valence-corrected chi connectivity index (χ4v) is 4.78. The second-order valence-corrected chi connectivity index (χ2v) is 9.41. The van der Waals surface area contributed by atoms with Gasteiger partial charge in [0, 0.05) is 24.3 Å². The van der Waals surface area contributed by atoms with Gasteiger partial charge in [-0.3, -0.25) is 4.98 Å². The Bertz CT molecular complexity index is 1600. The monoisotopic (exact) mass is 522 g/mol. The Kier molecular flexibility index (Phi) is 6.41. The maximum Gasteiger partial charge on any atom is 0.323 e. The zero-order chi connectivity index (χ0) is 26.8. The number of H-pyrrole nitrogens is 1. The van der Waals surface area contributed by atoms with Crippen LogP contribution in [0.3, 0.4) is 0 Å². The summed E-state index contributed by atoms with van der Waals surface area (Å²) >= 11 is 0. The lowest BCUT2D eigenvalue weighted by molar-refractivity contribution is 0.262. The molecule has 5 aromatic rings. The summed E-state index contributed by atoms with van der Waals surface area (Å²) in [5.41, 5.74) is 5.72. The van der Waals surface area contributed by atoms with E-state index in [1.807, 2.05) is 68.4 Å². The van der Waals surface area contributed by atoms with Gasteiger partial charge < -0.3 is 20.1 Å². The number of benzene rings is 2. The summed E-state index contributed by atoms with van der Waals surface area (Å²) in [6, 6.07) is 17.2.